The van der Waals surface area contributed by atoms with Gasteiger partial charge in [0.2, 0.25) is 0 Å². The molecule has 6 rings (SSSR count). The van der Waals surface area contributed by atoms with Crippen LogP contribution in [0.1, 0.15) is 35.1 Å². The van der Waals surface area contributed by atoms with Crippen molar-refractivity contribution in [1.82, 2.24) is 0 Å². The molecule has 0 saturated carbocycles. The third-order valence-corrected chi connectivity index (χ3v) is 8.16. The van der Waals surface area contributed by atoms with Crippen molar-refractivity contribution < 1.29 is 0 Å². The fraction of sp³-hybridized carbons (Fsp3) is 0.0952. The molecule has 2 aliphatic carbocycles. The van der Waals surface area contributed by atoms with Crippen molar-refractivity contribution in [3.63, 3.8) is 0 Å². The van der Waals surface area contributed by atoms with Crippen LogP contribution in [0.25, 0.3) is 16.7 Å². The highest BCUT2D eigenvalue weighted by Gasteiger charge is 2.29. The van der Waals surface area contributed by atoms with Crippen molar-refractivity contribution >= 4 is 16.7 Å². The Morgan fingerprint density at radius 1 is 0.786 bits per heavy atom. The first-order valence-electron chi connectivity index (χ1n) is 14.8. The first kappa shape index (κ1) is 27.2. The van der Waals surface area contributed by atoms with Crippen LogP contribution in [-0.2, 0) is 0 Å². The van der Waals surface area contributed by atoms with E-state index < -0.39 is 0 Å². The molecule has 2 aliphatic rings. The monoisotopic (exact) mass is 540 g/mol. The Bertz CT molecular complexity index is 1810. The molecule has 4 aromatic rings. The maximum atomic E-state index is 4.09. The number of aryl methyl sites for hydroxylation is 1. The van der Waals surface area contributed by atoms with Crippen LogP contribution in [0.2, 0.25) is 0 Å². The summed E-state index contributed by atoms with van der Waals surface area (Å²) in [5, 5.41) is 2.61. The smallest absolute Gasteiger partial charge is 0.0142 e. The number of rotatable bonds is 8. The molecule has 1 unspecified atom stereocenters. The standard InChI is InChI=1S/C42H36/c1-3-16-34(21-10-11-22-36(32-17-6-4-7-18-32)33-19-8-5-9-20-33)41-37-23-12-14-25-39(37)42(35-29-27-31(2)28-30-35)40-26-15-13-24-38(40)41/h3-10,12-25,27-30,40H,1,11,26H2,2H3/b21-10-,34-16+. The van der Waals surface area contributed by atoms with Crippen molar-refractivity contribution in [2.45, 2.75) is 19.8 Å². The highest BCUT2D eigenvalue weighted by Crippen LogP contribution is 2.40. The minimum atomic E-state index is 0.312. The molecule has 0 saturated heterocycles. The van der Waals surface area contributed by atoms with Crippen molar-refractivity contribution in [2.75, 3.05) is 0 Å². The van der Waals surface area contributed by atoms with E-state index in [0.29, 0.717) is 5.92 Å². The van der Waals surface area contributed by atoms with Gasteiger partial charge < -0.3 is 0 Å². The lowest BCUT2D eigenvalue weighted by atomic mass is 9.72. The van der Waals surface area contributed by atoms with E-state index in [1.807, 2.05) is 6.08 Å². The lowest BCUT2D eigenvalue weighted by molar-refractivity contribution is 0.797. The molecule has 0 N–H and O–H groups in total. The summed E-state index contributed by atoms with van der Waals surface area (Å²) < 4.78 is 0. The van der Waals surface area contributed by atoms with Crippen molar-refractivity contribution in [3.05, 3.63) is 208 Å². The van der Waals surface area contributed by atoms with E-state index in [2.05, 4.69) is 165 Å². The van der Waals surface area contributed by atoms with Crippen LogP contribution in [0, 0.1) is 12.8 Å². The van der Waals surface area contributed by atoms with E-state index in [0.717, 1.165) is 12.8 Å². The molecule has 0 heterocycles. The van der Waals surface area contributed by atoms with Crippen molar-refractivity contribution in [2.24, 2.45) is 5.92 Å². The molecule has 42 heavy (non-hydrogen) atoms. The Kier molecular flexibility index (Phi) is 8.24. The van der Waals surface area contributed by atoms with Gasteiger partial charge in [-0.1, -0.05) is 170 Å². The van der Waals surface area contributed by atoms with Crippen LogP contribution < -0.4 is 10.4 Å². The minimum Gasteiger partial charge on any atom is -0.0990 e. The Balaban J connectivity index is 1.45. The van der Waals surface area contributed by atoms with Crippen LogP contribution in [0.4, 0.5) is 0 Å². The largest absolute Gasteiger partial charge is 0.0990 e. The molecule has 204 valence electrons. The second kappa shape index (κ2) is 12.7. The Morgan fingerprint density at radius 3 is 2.10 bits per heavy atom. The molecule has 1 atom stereocenters. The third kappa shape index (κ3) is 5.62. The summed E-state index contributed by atoms with van der Waals surface area (Å²) in [5.74, 6) is 0.312. The van der Waals surface area contributed by atoms with Gasteiger partial charge in [-0.3, -0.25) is 0 Å². The summed E-state index contributed by atoms with van der Waals surface area (Å²) >= 11 is 0. The zero-order valence-electron chi connectivity index (χ0n) is 24.2. The molecular formula is C42H36. The molecule has 0 spiro atoms. The average molecular weight is 541 g/mol. The molecule has 0 nitrogen and oxygen atoms in total. The predicted molar refractivity (Wildman–Crippen MR) is 180 cm³/mol. The van der Waals surface area contributed by atoms with E-state index in [9.17, 15) is 0 Å². The predicted octanol–water partition coefficient (Wildman–Crippen LogP) is 9.05. The molecule has 0 fully saturated rings. The summed E-state index contributed by atoms with van der Waals surface area (Å²) in [7, 11) is 0. The lowest BCUT2D eigenvalue weighted by Gasteiger charge is -2.31. The number of fused-ring (bicyclic) bond motifs is 2. The summed E-state index contributed by atoms with van der Waals surface area (Å²) in [6.45, 7) is 6.24. The van der Waals surface area contributed by atoms with Gasteiger partial charge >= 0.3 is 0 Å². The highest BCUT2D eigenvalue weighted by atomic mass is 14.3. The maximum Gasteiger partial charge on any atom is 0.0142 e. The molecule has 0 aliphatic heterocycles. The molecule has 4 aromatic carbocycles. The fourth-order valence-electron chi connectivity index (χ4n) is 6.22. The third-order valence-electron chi connectivity index (χ3n) is 8.16. The van der Waals surface area contributed by atoms with E-state index in [1.54, 1.807) is 0 Å². The van der Waals surface area contributed by atoms with E-state index in [1.165, 1.54) is 60.6 Å². The molecular weight excluding hydrogens is 504 g/mol. The Labute approximate surface area is 250 Å². The fourth-order valence-corrected chi connectivity index (χ4v) is 6.22. The van der Waals surface area contributed by atoms with E-state index >= 15 is 0 Å². The van der Waals surface area contributed by atoms with Crippen LogP contribution in [0.3, 0.4) is 0 Å². The summed E-state index contributed by atoms with van der Waals surface area (Å²) in [6, 6.07) is 39.2. The topological polar surface area (TPSA) is 0 Å². The van der Waals surface area contributed by atoms with Crippen molar-refractivity contribution in [1.29, 1.82) is 0 Å². The summed E-state index contributed by atoms with van der Waals surface area (Å²) in [4.78, 5) is 0. The number of hydrogen-bond donors (Lipinski definition) is 0. The van der Waals surface area contributed by atoms with E-state index in [-0.39, 0.29) is 0 Å². The van der Waals surface area contributed by atoms with Gasteiger partial charge in [0.1, 0.15) is 0 Å². The normalized spacial score (nSPS) is 16.1. The van der Waals surface area contributed by atoms with Gasteiger partial charge in [0.15, 0.2) is 0 Å². The van der Waals surface area contributed by atoms with E-state index in [4.69, 9.17) is 0 Å². The highest BCUT2D eigenvalue weighted by molar-refractivity contribution is 5.90. The number of benzene rings is 4. The molecule has 0 heteroatoms. The molecule has 0 aromatic heterocycles. The molecule has 0 radical (unpaired) electrons. The zero-order valence-corrected chi connectivity index (χ0v) is 24.2. The van der Waals surface area contributed by atoms with Crippen LogP contribution in [0.5, 0.6) is 0 Å². The second-order valence-corrected chi connectivity index (χ2v) is 10.9. The Morgan fingerprint density at radius 2 is 1.43 bits per heavy atom. The van der Waals surface area contributed by atoms with Crippen molar-refractivity contribution in [3.8, 4) is 0 Å². The first-order chi connectivity index (χ1) is 20.7. The van der Waals surface area contributed by atoms with Gasteiger partial charge in [-0.25, -0.2) is 0 Å². The number of allylic oxidation sites excluding steroid dienone is 10. The van der Waals surface area contributed by atoms with Gasteiger partial charge in [0.05, 0.1) is 0 Å². The van der Waals surface area contributed by atoms with Crippen LogP contribution in [0.15, 0.2) is 176 Å². The molecule has 0 bridgehead atoms. The van der Waals surface area contributed by atoms with Crippen LogP contribution in [-0.4, -0.2) is 0 Å². The minimum absolute atomic E-state index is 0.312. The lowest BCUT2D eigenvalue weighted by Crippen LogP contribution is -2.37. The maximum absolute atomic E-state index is 4.09. The number of hydrogen-bond acceptors (Lipinski definition) is 0. The summed E-state index contributed by atoms with van der Waals surface area (Å²) in [6.07, 6.45) is 19.6. The first-order valence-corrected chi connectivity index (χ1v) is 14.8. The van der Waals surface area contributed by atoms with Crippen LogP contribution >= 0.6 is 0 Å². The quantitative estimate of drug-likeness (QED) is 0.196. The van der Waals surface area contributed by atoms with Gasteiger partial charge in [0.25, 0.3) is 0 Å². The van der Waals surface area contributed by atoms with Gasteiger partial charge in [-0.15, -0.1) is 0 Å². The molecule has 0 amide bonds. The second-order valence-electron chi connectivity index (χ2n) is 10.9. The Hall–Kier alpha value is -4.94. The summed E-state index contributed by atoms with van der Waals surface area (Å²) in [5.41, 5.74) is 11.6. The van der Waals surface area contributed by atoms with Gasteiger partial charge in [-0.05, 0) is 74.8 Å². The van der Waals surface area contributed by atoms with Gasteiger partial charge in [0, 0.05) is 5.92 Å². The average Bonchev–Trinajstić information content (AvgIpc) is 3.04. The zero-order chi connectivity index (χ0) is 28.7. The van der Waals surface area contributed by atoms with Gasteiger partial charge in [-0.2, -0.15) is 0 Å². The SMILES string of the molecule is C=C/C=C(\C=C/CC=C(c1ccccc1)c1ccccc1)C1=c2ccccc2=C(c2ccc(C)cc2)C2CC=CC=C12.